The lowest BCUT2D eigenvalue weighted by atomic mass is 10.3. The van der Waals surface area contributed by atoms with Crippen LogP contribution in [0, 0.1) is 0 Å². The van der Waals surface area contributed by atoms with Crippen LogP contribution in [0.2, 0.25) is 0 Å². The van der Waals surface area contributed by atoms with Gasteiger partial charge >= 0.3 is 6.18 Å². The minimum Gasteiger partial charge on any atom is -0.193 e. The molecule has 0 aromatic carbocycles. The van der Waals surface area contributed by atoms with Gasteiger partial charge in [0.1, 0.15) is 0 Å². The lowest BCUT2D eigenvalue weighted by molar-refractivity contribution is -0.0915. The molecule has 0 atom stereocenters. The Morgan fingerprint density at radius 1 is 1.40 bits per heavy atom. The summed E-state index contributed by atoms with van der Waals surface area (Å²) in [5.74, 6) is 0. The first-order valence-electron chi connectivity index (χ1n) is 2.51. The van der Waals surface area contributed by atoms with E-state index in [1.807, 2.05) is 0 Å². The number of alkyl halides is 3. The molecule has 0 aliphatic heterocycles. The molecule has 0 amide bonds. The first-order chi connectivity index (χ1) is 4.48. The van der Waals surface area contributed by atoms with E-state index in [1.165, 1.54) is 7.05 Å². The predicted octanol–water partition coefficient (Wildman–Crippen LogP) is 2.53. The molecule has 0 saturated heterocycles. The molecular formula is C5H7F3N2. The van der Waals surface area contributed by atoms with Gasteiger partial charge in [0.25, 0.3) is 0 Å². The van der Waals surface area contributed by atoms with E-state index >= 15 is 0 Å². The van der Waals surface area contributed by atoms with E-state index < -0.39 is 11.7 Å². The largest absolute Gasteiger partial charge is 0.413 e. The zero-order valence-corrected chi connectivity index (χ0v) is 5.61. The average Bonchev–Trinajstić information content (AvgIpc) is 1.80. The standard InChI is InChI=1S/C5H7F3N2/c1-4(3-10-9-2)5(6,7)8/h3H,1-2H3/b4-3+,10-9?. The van der Waals surface area contributed by atoms with E-state index in [0.717, 1.165) is 6.92 Å². The van der Waals surface area contributed by atoms with Crippen molar-refractivity contribution in [2.45, 2.75) is 13.1 Å². The summed E-state index contributed by atoms with van der Waals surface area (Å²) in [7, 11) is 1.31. The predicted molar refractivity (Wildman–Crippen MR) is 30.6 cm³/mol. The molecule has 0 aromatic rings. The zero-order valence-electron chi connectivity index (χ0n) is 5.61. The third-order valence-electron chi connectivity index (χ3n) is 0.814. The van der Waals surface area contributed by atoms with Gasteiger partial charge in [0.15, 0.2) is 0 Å². The van der Waals surface area contributed by atoms with Crippen molar-refractivity contribution < 1.29 is 13.2 Å². The third-order valence-corrected chi connectivity index (χ3v) is 0.814. The number of hydrogen-bond acceptors (Lipinski definition) is 2. The summed E-state index contributed by atoms with van der Waals surface area (Å²) in [5, 5.41) is 6.22. The van der Waals surface area contributed by atoms with Gasteiger partial charge in [-0.1, -0.05) is 0 Å². The number of azo groups is 1. The van der Waals surface area contributed by atoms with Gasteiger partial charge in [0, 0.05) is 7.05 Å². The minimum absolute atomic E-state index is 0.681. The summed E-state index contributed by atoms with van der Waals surface area (Å²) >= 11 is 0. The van der Waals surface area contributed by atoms with Crippen LogP contribution in [0.4, 0.5) is 13.2 Å². The minimum atomic E-state index is -4.28. The van der Waals surface area contributed by atoms with Crippen molar-refractivity contribution in [1.82, 2.24) is 0 Å². The SMILES string of the molecule is CN=N/C=C(\C)C(F)(F)F. The van der Waals surface area contributed by atoms with E-state index in [1.54, 1.807) is 0 Å². The van der Waals surface area contributed by atoms with Crippen LogP contribution < -0.4 is 0 Å². The van der Waals surface area contributed by atoms with Crippen LogP contribution in [0.15, 0.2) is 22.0 Å². The fourth-order valence-corrected chi connectivity index (χ4v) is 0.218. The molecule has 0 radical (unpaired) electrons. The maximum atomic E-state index is 11.6. The number of halogens is 3. The van der Waals surface area contributed by atoms with Crippen molar-refractivity contribution in [3.63, 3.8) is 0 Å². The van der Waals surface area contributed by atoms with Gasteiger partial charge in [-0.25, -0.2) is 0 Å². The molecule has 58 valence electrons. The van der Waals surface area contributed by atoms with Crippen molar-refractivity contribution in [2.24, 2.45) is 10.2 Å². The van der Waals surface area contributed by atoms with E-state index in [4.69, 9.17) is 0 Å². The zero-order chi connectivity index (χ0) is 8.20. The summed E-state index contributed by atoms with van der Waals surface area (Å²) in [6.45, 7) is 0.939. The van der Waals surface area contributed by atoms with Crippen LogP contribution in [0.1, 0.15) is 6.92 Å². The highest BCUT2D eigenvalue weighted by Crippen LogP contribution is 2.24. The van der Waals surface area contributed by atoms with Gasteiger partial charge < -0.3 is 0 Å². The van der Waals surface area contributed by atoms with Crippen LogP contribution in [0.25, 0.3) is 0 Å². The average molecular weight is 152 g/mol. The summed E-state index contributed by atoms with van der Waals surface area (Å²) in [6, 6.07) is 0. The normalized spacial score (nSPS) is 14.7. The highest BCUT2D eigenvalue weighted by Gasteiger charge is 2.29. The molecule has 0 rings (SSSR count). The Kier molecular flexibility index (Phi) is 3.05. The molecule has 0 saturated carbocycles. The smallest absolute Gasteiger partial charge is 0.193 e. The second-order valence-corrected chi connectivity index (χ2v) is 1.63. The van der Waals surface area contributed by atoms with Crippen LogP contribution in [0.5, 0.6) is 0 Å². The van der Waals surface area contributed by atoms with Gasteiger partial charge in [-0.15, -0.1) is 0 Å². The first kappa shape index (κ1) is 9.13. The van der Waals surface area contributed by atoms with E-state index in [2.05, 4.69) is 10.2 Å². The Labute approximate surface area is 56.5 Å². The van der Waals surface area contributed by atoms with Gasteiger partial charge in [-0.3, -0.25) is 0 Å². The van der Waals surface area contributed by atoms with Gasteiger partial charge in [0.2, 0.25) is 0 Å². The molecule has 0 fully saturated rings. The van der Waals surface area contributed by atoms with Crippen molar-refractivity contribution in [3.05, 3.63) is 11.8 Å². The fraction of sp³-hybridized carbons (Fsp3) is 0.600. The fourth-order valence-electron chi connectivity index (χ4n) is 0.218. The first-order valence-corrected chi connectivity index (χ1v) is 2.51. The molecule has 0 aromatic heterocycles. The second kappa shape index (κ2) is 3.34. The lowest BCUT2D eigenvalue weighted by Crippen LogP contribution is -2.08. The van der Waals surface area contributed by atoms with E-state index in [9.17, 15) is 13.2 Å². The lowest BCUT2D eigenvalue weighted by Gasteiger charge is -2.02. The molecule has 0 aliphatic rings. The summed E-state index contributed by atoms with van der Waals surface area (Å²) in [5.41, 5.74) is -0.752. The number of nitrogens with zero attached hydrogens (tertiary/aromatic N) is 2. The Balaban J connectivity index is 4.20. The van der Waals surface area contributed by atoms with Crippen molar-refractivity contribution >= 4 is 0 Å². The van der Waals surface area contributed by atoms with Gasteiger partial charge in [-0.05, 0) is 6.92 Å². The topological polar surface area (TPSA) is 24.7 Å². The molecule has 0 unspecified atom stereocenters. The number of rotatable bonds is 1. The maximum absolute atomic E-state index is 11.6. The van der Waals surface area contributed by atoms with Gasteiger partial charge in [-0.2, -0.15) is 23.4 Å². The highest BCUT2D eigenvalue weighted by atomic mass is 19.4. The summed E-state index contributed by atoms with van der Waals surface area (Å²) in [6.07, 6.45) is -3.60. The molecule has 0 aliphatic carbocycles. The van der Waals surface area contributed by atoms with E-state index in [-0.39, 0.29) is 0 Å². The van der Waals surface area contributed by atoms with Crippen LogP contribution in [-0.4, -0.2) is 13.2 Å². The van der Waals surface area contributed by atoms with Crippen molar-refractivity contribution in [1.29, 1.82) is 0 Å². The Morgan fingerprint density at radius 3 is 2.20 bits per heavy atom. The monoisotopic (exact) mass is 152 g/mol. The van der Waals surface area contributed by atoms with E-state index in [0.29, 0.717) is 6.20 Å². The molecule has 10 heavy (non-hydrogen) atoms. The van der Waals surface area contributed by atoms with Gasteiger partial charge in [0.05, 0.1) is 11.8 Å². The van der Waals surface area contributed by atoms with Crippen LogP contribution >= 0.6 is 0 Å². The van der Waals surface area contributed by atoms with Crippen molar-refractivity contribution in [2.75, 3.05) is 7.05 Å². The Morgan fingerprint density at radius 2 is 1.90 bits per heavy atom. The summed E-state index contributed by atoms with van der Waals surface area (Å²) < 4.78 is 34.8. The van der Waals surface area contributed by atoms with Crippen LogP contribution in [0.3, 0.4) is 0 Å². The number of allylic oxidation sites excluding steroid dienone is 1. The molecule has 0 spiro atoms. The third kappa shape index (κ3) is 3.21. The molecule has 0 heterocycles. The molecule has 2 nitrogen and oxygen atoms in total. The molecule has 5 heteroatoms. The number of hydrogen-bond donors (Lipinski definition) is 0. The Hall–Kier alpha value is -0.870. The molecule has 0 N–H and O–H groups in total. The Bertz CT molecular complexity index is 157. The quantitative estimate of drug-likeness (QED) is 0.516. The molecule has 0 bridgehead atoms. The summed E-state index contributed by atoms with van der Waals surface area (Å²) in [4.78, 5) is 0. The maximum Gasteiger partial charge on any atom is 0.413 e. The highest BCUT2D eigenvalue weighted by molar-refractivity contribution is 5.03. The van der Waals surface area contributed by atoms with Crippen molar-refractivity contribution in [3.8, 4) is 0 Å². The second-order valence-electron chi connectivity index (χ2n) is 1.63. The van der Waals surface area contributed by atoms with Crippen LogP contribution in [-0.2, 0) is 0 Å². The molecular weight excluding hydrogens is 145 g/mol.